The average Bonchev–Trinajstić information content (AvgIpc) is 2.35. The first-order valence-corrected chi connectivity index (χ1v) is 7.54. The van der Waals surface area contributed by atoms with Gasteiger partial charge < -0.3 is 9.47 Å². The molecule has 7 heteroatoms. The monoisotopic (exact) mass is 286 g/mol. The molecule has 0 amide bonds. The maximum atomic E-state index is 11.2. The van der Waals surface area contributed by atoms with Gasteiger partial charge in [-0.05, 0) is 42.5 Å². The molecule has 1 aromatic carbocycles. The topological polar surface area (TPSA) is 90.7 Å². The molecular weight excluding hydrogens is 268 g/mol. The summed E-state index contributed by atoms with van der Waals surface area (Å²) in [6.45, 7) is 0. The van der Waals surface area contributed by atoms with Gasteiger partial charge in [0, 0.05) is 6.04 Å². The normalized spacial score (nSPS) is 18.8. The molecule has 1 aliphatic carbocycles. The minimum Gasteiger partial charge on any atom is -0.493 e. The summed E-state index contributed by atoms with van der Waals surface area (Å²) in [5.41, 5.74) is 1.96. The number of rotatable bonds is 4. The third-order valence-electron chi connectivity index (χ3n) is 3.27. The molecule has 0 bridgehead atoms. The molecular formula is C12H18N2O4S. The predicted octanol–water partition coefficient (Wildman–Crippen LogP) is 0.874. The van der Waals surface area contributed by atoms with Gasteiger partial charge in [-0.1, -0.05) is 0 Å². The van der Waals surface area contributed by atoms with Crippen molar-refractivity contribution in [1.82, 2.24) is 4.72 Å². The molecule has 0 fully saturated rings. The second kappa shape index (κ2) is 5.36. The highest BCUT2D eigenvalue weighted by Crippen LogP contribution is 2.38. The van der Waals surface area contributed by atoms with Crippen LogP contribution in [0.5, 0.6) is 11.5 Å². The number of fused-ring (bicyclic) bond motifs is 1. The molecule has 1 aliphatic rings. The van der Waals surface area contributed by atoms with Crippen LogP contribution in [-0.2, 0) is 16.6 Å². The van der Waals surface area contributed by atoms with Gasteiger partial charge in [0.15, 0.2) is 11.5 Å². The minimum absolute atomic E-state index is 0.307. The van der Waals surface area contributed by atoms with Crippen LogP contribution in [-0.4, -0.2) is 22.6 Å². The van der Waals surface area contributed by atoms with E-state index < -0.39 is 10.2 Å². The Kier molecular flexibility index (Phi) is 3.98. The summed E-state index contributed by atoms with van der Waals surface area (Å²) in [5.74, 6) is 1.24. The lowest BCUT2D eigenvalue weighted by atomic mass is 9.88. The van der Waals surface area contributed by atoms with Crippen molar-refractivity contribution in [3.05, 3.63) is 23.3 Å². The third-order valence-corrected chi connectivity index (χ3v) is 3.88. The molecule has 1 aromatic rings. The zero-order chi connectivity index (χ0) is 14.0. The van der Waals surface area contributed by atoms with E-state index in [0.717, 1.165) is 30.4 Å². The summed E-state index contributed by atoms with van der Waals surface area (Å²) in [7, 11) is -0.596. The summed E-state index contributed by atoms with van der Waals surface area (Å²) >= 11 is 0. The highest BCUT2D eigenvalue weighted by atomic mass is 32.2. The van der Waals surface area contributed by atoms with E-state index in [-0.39, 0.29) is 6.04 Å². The number of benzene rings is 1. The van der Waals surface area contributed by atoms with Gasteiger partial charge in [0.2, 0.25) is 0 Å². The highest BCUT2D eigenvalue weighted by molar-refractivity contribution is 7.87. The summed E-state index contributed by atoms with van der Waals surface area (Å²) in [6.07, 6.45) is 2.51. The standard InChI is InChI=1S/C12H18N2O4S/c1-17-11-6-8-4-3-5-10(14-19(13,15)16)9(8)7-12(11)18-2/h6-7,10,14H,3-5H2,1-2H3,(H2,13,15,16). The van der Waals surface area contributed by atoms with Crippen molar-refractivity contribution in [1.29, 1.82) is 0 Å². The van der Waals surface area contributed by atoms with Crippen LogP contribution in [0.1, 0.15) is 30.0 Å². The van der Waals surface area contributed by atoms with Crippen LogP contribution in [0.3, 0.4) is 0 Å². The Labute approximate surface area is 113 Å². The van der Waals surface area contributed by atoms with E-state index in [1.807, 2.05) is 12.1 Å². The van der Waals surface area contributed by atoms with E-state index in [1.54, 1.807) is 14.2 Å². The quantitative estimate of drug-likeness (QED) is 0.859. The molecule has 0 radical (unpaired) electrons. The first-order valence-electron chi connectivity index (χ1n) is 5.99. The lowest BCUT2D eigenvalue weighted by molar-refractivity contribution is 0.352. The molecule has 0 aromatic heterocycles. The van der Waals surface area contributed by atoms with Crippen LogP contribution in [0.2, 0.25) is 0 Å². The van der Waals surface area contributed by atoms with Crippen LogP contribution in [0.15, 0.2) is 12.1 Å². The summed E-state index contributed by atoms with van der Waals surface area (Å²) in [6, 6.07) is 3.40. The molecule has 0 heterocycles. The fourth-order valence-corrected chi connectivity index (χ4v) is 3.09. The van der Waals surface area contributed by atoms with Gasteiger partial charge in [-0.3, -0.25) is 0 Å². The number of nitrogens with two attached hydrogens (primary N) is 1. The summed E-state index contributed by atoms with van der Waals surface area (Å²) < 4.78 is 35.3. The highest BCUT2D eigenvalue weighted by Gasteiger charge is 2.25. The second-order valence-electron chi connectivity index (χ2n) is 4.51. The van der Waals surface area contributed by atoms with Crippen LogP contribution in [0.4, 0.5) is 0 Å². The molecule has 0 saturated carbocycles. The molecule has 1 unspecified atom stereocenters. The molecule has 106 valence electrons. The van der Waals surface area contributed by atoms with Gasteiger partial charge in [-0.15, -0.1) is 0 Å². The lowest BCUT2D eigenvalue weighted by Crippen LogP contribution is -2.35. The van der Waals surface area contributed by atoms with Gasteiger partial charge in [0.25, 0.3) is 10.2 Å². The van der Waals surface area contributed by atoms with Gasteiger partial charge in [0.05, 0.1) is 14.2 Å². The second-order valence-corrected chi connectivity index (χ2v) is 5.84. The van der Waals surface area contributed by atoms with Crippen LogP contribution in [0.25, 0.3) is 0 Å². The zero-order valence-electron chi connectivity index (χ0n) is 11.0. The third kappa shape index (κ3) is 3.17. The fourth-order valence-electron chi connectivity index (χ4n) is 2.45. The number of nitrogens with one attached hydrogen (secondary N) is 1. The van der Waals surface area contributed by atoms with Gasteiger partial charge in [0.1, 0.15) is 0 Å². The maximum absolute atomic E-state index is 11.2. The molecule has 6 nitrogen and oxygen atoms in total. The SMILES string of the molecule is COc1cc2c(cc1OC)C(NS(N)(=O)=O)CCC2. The number of hydrogen-bond acceptors (Lipinski definition) is 4. The van der Waals surface area contributed by atoms with Crippen molar-refractivity contribution < 1.29 is 17.9 Å². The Morgan fingerprint density at radius 1 is 1.26 bits per heavy atom. The van der Waals surface area contributed by atoms with Crippen molar-refractivity contribution >= 4 is 10.2 Å². The van der Waals surface area contributed by atoms with Crippen molar-refractivity contribution in [2.75, 3.05) is 14.2 Å². The number of aryl methyl sites for hydroxylation is 1. The maximum Gasteiger partial charge on any atom is 0.274 e. The van der Waals surface area contributed by atoms with E-state index >= 15 is 0 Å². The molecule has 19 heavy (non-hydrogen) atoms. The first-order chi connectivity index (χ1) is 8.94. The first kappa shape index (κ1) is 14.1. The van der Waals surface area contributed by atoms with Crippen LogP contribution in [0, 0.1) is 0 Å². The zero-order valence-corrected chi connectivity index (χ0v) is 11.8. The van der Waals surface area contributed by atoms with Crippen molar-refractivity contribution in [2.24, 2.45) is 5.14 Å². The van der Waals surface area contributed by atoms with Crippen LogP contribution >= 0.6 is 0 Å². The number of methoxy groups -OCH3 is 2. The minimum atomic E-state index is -3.72. The molecule has 2 rings (SSSR count). The van der Waals surface area contributed by atoms with Crippen molar-refractivity contribution in [3.8, 4) is 11.5 Å². The van der Waals surface area contributed by atoms with Crippen molar-refractivity contribution in [3.63, 3.8) is 0 Å². The Bertz CT molecular complexity index is 571. The van der Waals surface area contributed by atoms with E-state index in [4.69, 9.17) is 14.6 Å². The van der Waals surface area contributed by atoms with Gasteiger partial charge in [-0.2, -0.15) is 13.1 Å². The Balaban J connectivity index is 2.43. The van der Waals surface area contributed by atoms with E-state index in [1.165, 1.54) is 0 Å². The van der Waals surface area contributed by atoms with E-state index in [2.05, 4.69) is 4.72 Å². The summed E-state index contributed by atoms with van der Waals surface area (Å²) in [5, 5.41) is 5.06. The van der Waals surface area contributed by atoms with Crippen LogP contribution < -0.4 is 19.3 Å². The number of hydrogen-bond donors (Lipinski definition) is 2. The van der Waals surface area contributed by atoms with Crippen molar-refractivity contribution in [2.45, 2.75) is 25.3 Å². The predicted molar refractivity (Wildman–Crippen MR) is 71.5 cm³/mol. The Hall–Kier alpha value is -1.31. The average molecular weight is 286 g/mol. The largest absolute Gasteiger partial charge is 0.493 e. The smallest absolute Gasteiger partial charge is 0.274 e. The molecule has 1 atom stereocenters. The van der Waals surface area contributed by atoms with E-state index in [0.29, 0.717) is 11.5 Å². The summed E-state index contributed by atoms with van der Waals surface area (Å²) in [4.78, 5) is 0. The Morgan fingerprint density at radius 2 is 1.89 bits per heavy atom. The molecule has 0 saturated heterocycles. The van der Waals surface area contributed by atoms with Gasteiger partial charge in [-0.25, -0.2) is 5.14 Å². The molecule has 3 N–H and O–H groups in total. The lowest BCUT2D eigenvalue weighted by Gasteiger charge is -2.26. The molecule has 0 aliphatic heterocycles. The number of ether oxygens (including phenoxy) is 2. The van der Waals surface area contributed by atoms with E-state index in [9.17, 15) is 8.42 Å². The molecule has 0 spiro atoms. The fraction of sp³-hybridized carbons (Fsp3) is 0.500. The Morgan fingerprint density at radius 3 is 2.47 bits per heavy atom. The van der Waals surface area contributed by atoms with Gasteiger partial charge >= 0.3 is 0 Å².